The Kier molecular flexibility index (Phi) is 3.43. The molecule has 0 saturated heterocycles. The molecule has 0 spiro atoms. The predicted molar refractivity (Wildman–Crippen MR) is 74.4 cm³/mol. The minimum atomic E-state index is 0.288. The summed E-state index contributed by atoms with van der Waals surface area (Å²) in [5.41, 5.74) is 5.19. The second-order valence-electron chi connectivity index (χ2n) is 4.53. The fraction of sp³-hybridized carbons (Fsp3) is 0.176. The van der Waals surface area contributed by atoms with Gasteiger partial charge in [-0.25, -0.2) is 0 Å². The Balaban J connectivity index is 2.36. The van der Waals surface area contributed by atoms with Gasteiger partial charge in [0.1, 0.15) is 0 Å². The van der Waals surface area contributed by atoms with Gasteiger partial charge < -0.3 is 0 Å². The molecule has 2 aromatic rings. The van der Waals surface area contributed by atoms with Crippen LogP contribution in [-0.2, 0) is 0 Å². The van der Waals surface area contributed by atoms with E-state index < -0.39 is 0 Å². The third kappa shape index (κ3) is 2.65. The van der Waals surface area contributed by atoms with Crippen LogP contribution in [0.3, 0.4) is 0 Å². The highest BCUT2D eigenvalue weighted by atomic mass is 14.1. The minimum absolute atomic E-state index is 0.288. The molecule has 17 heavy (non-hydrogen) atoms. The van der Waals surface area contributed by atoms with E-state index in [1.54, 1.807) is 0 Å². The molecule has 0 N–H and O–H groups in total. The molecule has 0 atom stereocenters. The first-order valence-electron chi connectivity index (χ1n) is 5.96. The van der Waals surface area contributed by atoms with Crippen LogP contribution in [-0.4, -0.2) is 0 Å². The van der Waals surface area contributed by atoms with Crippen LogP contribution in [0.4, 0.5) is 0 Å². The molecule has 86 valence electrons. The number of aryl methyl sites for hydroxylation is 2. The SMILES string of the molecule is C=CC(c1ccc(C)cc1)c1ccc(C)cc1. The first-order valence-corrected chi connectivity index (χ1v) is 5.96. The van der Waals surface area contributed by atoms with Gasteiger partial charge in [0.2, 0.25) is 0 Å². The highest BCUT2D eigenvalue weighted by molar-refractivity contribution is 5.38. The third-order valence-corrected chi connectivity index (χ3v) is 3.11. The third-order valence-electron chi connectivity index (χ3n) is 3.11. The van der Waals surface area contributed by atoms with Crippen LogP contribution < -0.4 is 0 Å². The molecule has 0 fully saturated rings. The highest BCUT2D eigenvalue weighted by Crippen LogP contribution is 2.26. The molecule has 0 bridgehead atoms. The van der Waals surface area contributed by atoms with Crippen molar-refractivity contribution in [3.05, 3.63) is 83.4 Å². The van der Waals surface area contributed by atoms with Crippen LogP contribution in [0.15, 0.2) is 61.2 Å². The molecule has 0 unspecified atom stereocenters. The maximum atomic E-state index is 3.96. The molecule has 0 aliphatic rings. The topological polar surface area (TPSA) is 0 Å². The standard InChI is InChI=1S/C17H18/c1-4-17(15-9-5-13(2)6-10-15)16-11-7-14(3)8-12-16/h4-12,17H,1H2,2-3H3. The Hall–Kier alpha value is -1.82. The van der Waals surface area contributed by atoms with Gasteiger partial charge in [-0.05, 0) is 25.0 Å². The molecule has 0 radical (unpaired) electrons. The van der Waals surface area contributed by atoms with Gasteiger partial charge in [0.15, 0.2) is 0 Å². The van der Waals surface area contributed by atoms with E-state index in [2.05, 4.69) is 69.0 Å². The summed E-state index contributed by atoms with van der Waals surface area (Å²) in [5.74, 6) is 0.288. The first-order chi connectivity index (χ1) is 8.20. The van der Waals surface area contributed by atoms with E-state index in [0.29, 0.717) is 0 Å². The largest absolute Gasteiger partial charge is 0.102 e. The lowest BCUT2D eigenvalue weighted by atomic mass is 9.90. The summed E-state index contributed by atoms with van der Waals surface area (Å²) in [6, 6.07) is 17.3. The lowest BCUT2D eigenvalue weighted by molar-refractivity contribution is 1.03. The van der Waals surface area contributed by atoms with E-state index in [9.17, 15) is 0 Å². The molecule has 0 amide bonds. The van der Waals surface area contributed by atoms with Crippen molar-refractivity contribution in [2.24, 2.45) is 0 Å². The van der Waals surface area contributed by atoms with Crippen molar-refractivity contribution in [3.63, 3.8) is 0 Å². The average molecular weight is 222 g/mol. The quantitative estimate of drug-likeness (QED) is 0.665. The Labute approximate surface area is 104 Å². The zero-order chi connectivity index (χ0) is 12.3. The Morgan fingerprint density at radius 1 is 0.765 bits per heavy atom. The number of benzene rings is 2. The normalized spacial score (nSPS) is 10.5. The van der Waals surface area contributed by atoms with Gasteiger partial charge in [-0.1, -0.05) is 65.7 Å². The lowest BCUT2D eigenvalue weighted by Gasteiger charge is -2.14. The van der Waals surface area contributed by atoms with Gasteiger partial charge in [-0.2, -0.15) is 0 Å². The molecule has 0 aliphatic heterocycles. The zero-order valence-electron chi connectivity index (χ0n) is 10.5. The van der Waals surface area contributed by atoms with Crippen LogP contribution >= 0.6 is 0 Å². The van der Waals surface area contributed by atoms with Crippen molar-refractivity contribution in [2.45, 2.75) is 19.8 Å². The predicted octanol–water partition coefficient (Wildman–Crippen LogP) is 4.62. The first kappa shape index (κ1) is 11.7. The number of hydrogen-bond donors (Lipinski definition) is 0. The summed E-state index contributed by atoms with van der Waals surface area (Å²) in [7, 11) is 0. The molecular formula is C17H18. The van der Waals surface area contributed by atoms with Crippen molar-refractivity contribution in [2.75, 3.05) is 0 Å². The number of rotatable bonds is 3. The molecule has 0 aliphatic carbocycles. The summed E-state index contributed by atoms with van der Waals surface area (Å²) < 4.78 is 0. The average Bonchev–Trinajstić information content (AvgIpc) is 2.35. The maximum Gasteiger partial charge on any atom is 0.0266 e. The summed E-state index contributed by atoms with van der Waals surface area (Å²) in [6.45, 7) is 8.18. The fourth-order valence-corrected chi connectivity index (χ4v) is 2.01. The Bertz CT molecular complexity index is 443. The van der Waals surface area contributed by atoms with Crippen molar-refractivity contribution < 1.29 is 0 Å². The van der Waals surface area contributed by atoms with Gasteiger partial charge in [-0.15, -0.1) is 6.58 Å². The molecule has 0 heteroatoms. The van der Waals surface area contributed by atoms with Crippen molar-refractivity contribution in [1.29, 1.82) is 0 Å². The summed E-state index contributed by atoms with van der Waals surface area (Å²) >= 11 is 0. The summed E-state index contributed by atoms with van der Waals surface area (Å²) in [6.07, 6.45) is 2.01. The van der Waals surface area contributed by atoms with Crippen LogP contribution in [0, 0.1) is 13.8 Å². The van der Waals surface area contributed by atoms with Crippen molar-refractivity contribution in [1.82, 2.24) is 0 Å². The van der Waals surface area contributed by atoms with E-state index in [4.69, 9.17) is 0 Å². The maximum absolute atomic E-state index is 3.96. The van der Waals surface area contributed by atoms with Gasteiger partial charge in [-0.3, -0.25) is 0 Å². The molecule has 0 saturated carbocycles. The molecule has 2 aromatic carbocycles. The van der Waals surface area contributed by atoms with E-state index in [0.717, 1.165) is 0 Å². The van der Waals surface area contributed by atoms with Crippen LogP contribution in [0.2, 0.25) is 0 Å². The molecule has 2 rings (SSSR count). The number of hydrogen-bond acceptors (Lipinski definition) is 0. The molecule has 0 aromatic heterocycles. The summed E-state index contributed by atoms with van der Waals surface area (Å²) in [5, 5.41) is 0. The second kappa shape index (κ2) is 5.01. The minimum Gasteiger partial charge on any atom is -0.102 e. The summed E-state index contributed by atoms with van der Waals surface area (Å²) in [4.78, 5) is 0. The van der Waals surface area contributed by atoms with E-state index in [1.807, 2.05) is 6.08 Å². The van der Waals surface area contributed by atoms with Crippen LogP contribution in [0.25, 0.3) is 0 Å². The molecule has 0 nitrogen and oxygen atoms in total. The van der Waals surface area contributed by atoms with Gasteiger partial charge in [0.05, 0.1) is 0 Å². The van der Waals surface area contributed by atoms with Gasteiger partial charge in [0.25, 0.3) is 0 Å². The highest BCUT2D eigenvalue weighted by Gasteiger charge is 2.09. The van der Waals surface area contributed by atoms with Gasteiger partial charge >= 0.3 is 0 Å². The zero-order valence-corrected chi connectivity index (χ0v) is 10.5. The Morgan fingerprint density at radius 2 is 1.12 bits per heavy atom. The number of allylic oxidation sites excluding steroid dienone is 1. The van der Waals surface area contributed by atoms with Crippen molar-refractivity contribution in [3.8, 4) is 0 Å². The lowest BCUT2D eigenvalue weighted by Crippen LogP contribution is -1.97. The van der Waals surface area contributed by atoms with Crippen LogP contribution in [0.5, 0.6) is 0 Å². The smallest absolute Gasteiger partial charge is 0.0266 e. The molecular weight excluding hydrogens is 204 g/mol. The second-order valence-corrected chi connectivity index (χ2v) is 4.53. The van der Waals surface area contributed by atoms with E-state index >= 15 is 0 Å². The fourth-order valence-electron chi connectivity index (χ4n) is 2.01. The van der Waals surface area contributed by atoms with Crippen molar-refractivity contribution >= 4 is 0 Å². The Morgan fingerprint density at radius 3 is 1.41 bits per heavy atom. The monoisotopic (exact) mass is 222 g/mol. The van der Waals surface area contributed by atoms with Gasteiger partial charge in [0, 0.05) is 5.92 Å². The van der Waals surface area contributed by atoms with Crippen LogP contribution in [0.1, 0.15) is 28.2 Å². The van der Waals surface area contributed by atoms with E-state index in [-0.39, 0.29) is 5.92 Å². The molecule has 0 heterocycles. The van der Waals surface area contributed by atoms with E-state index in [1.165, 1.54) is 22.3 Å².